The van der Waals surface area contributed by atoms with E-state index in [1.54, 1.807) is 7.05 Å². The van der Waals surface area contributed by atoms with Crippen LogP contribution >= 0.6 is 12.2 Å². The maximum absolute atomic E-state index is 10.8. The number of rotatable bonds is 5. The highest BCUT2D eigenvalue weighted by atomic mass is 32.1. The molecule has 3 N–H and O–H groups in total. The summed E-state index contributed by atoms with van der Waals surface area (Å²) in [7, 11) is 1.59. The predicted molar refractivity (Wildman–Crippen MR) is 57.6 cm³/mol. The largest absolute Gasteiger partial charge is 0.363 e. The number of carbonyl (C=O) groups excluding carboxylic acids is 1. The van der Waals surface area contributed by atoms with Crippen molar-refractivity contribution in [2.45, 2.75) is 19.8 Å². The predicted octanol–water partition coefficient (Wildman–Crippen LogP) is -0.00340. The molecule has 0 aliphatic carbocycles. The average Bonchev–Trinajstić information content (AvgIpc) is 2.14. The third-order valence-electron chi connectivity index (χ3n) is 1.50. The highest BCUT2D eigenvalue weighted by molar-refractivity contribution is 7.80. The monoisotopic (exact) mass is 203 g/mol. The molecular formula is C8H17N3OS. The molecule has 0 bridgehead atoms. The van der Waals surface area contributed by atoms with Gasteiger partial charge in [-0.3, -0.25) is 4.79 Å². The summed E-state index contributed by atoms with van der Waals surface area (Å²) < 4.78 is 0. The van der Waals surface area contributed by atoms with E-state index in [4.69, 9.17) is 12.2 Å². The van der Waals surface area contributed by atoms with Gasteiger partial charge < -0.3 is 16.0 Å². The van der Waals surface area contributed by atoms with Gasteiger partial charge >= 0.3 is 0 Å². The number of nitrogens with one attached hydrogen (secondary N) is 3. The van der Waals surface area contributed by atoms with E-state index in [2.05, 4.69) is 22.9 Å². The molecule has 1 amide bonds. The first kappa shape index (κ1) is 12.2. The maximum Gasteiger partial charge on any atom is 0.239 e. The Labute approximate surface area is 84.5 Å². The van der Waals surface area contributed by atoms with E-state index in [0.29, 0.717) is 5.11 Å². The van der Waals surface area contributed by atoms with Crippen LogP contribution in [-0.4, -0.2) is 31.2 Å². The molecule has 0 fully saturated rings. The third kappa shape index (κ3) is 7.52. The van der Waals surface area contributed by atoms with Gasteiger partial charge in [-0.25, -0.2) is 0 Å². The second-order valence-corrected chi connectivity index (χ2v) is 3.04. The summed E-state index contributed by atoms with van der Waals surface area (Å²) >= 11 is 4.93. The zero-order chi connectivity index (χ0) is 10.1. The molecule has 5 heteroatoms. The molecule has 0 saturated carbocycles. The molecule has 76 valence electrons. The van der Waals surface area contributed by atoms with Gasteiger partial charge in [-0.2, -0.15) is 0 Å². The normalized spacial score (nSPS) is 9.08. The second-order valence-electron chi connectivity index (χ2n) is 2.64. The summed E-state index contributed by atoms with van der Waals surface area (Å²) in [4.78, 5) is 10.8. The van der Waals surface area contributed by atoms with E-state index in [-0.39, 0.29) is 12.5 Å². The van der Waals surface area contributed by atoms with E-state index in [9.17, 15) is 4.79 Å². The highest BCUT2D eigenvalue weighted by Crippen LogP contribution is 1.81. The fraction of sp³-hybridized carbons (Fsp3) is 0.750. The van der Waals surface area contributed by atoms with Crippen molar-refractivity contribution < 1.29 is 4.79 Å². The van der Waals surface area contributed by atoms with Gasteiger partial charge in [0.25, 0.3) is 0 Å². The van der Waals surface area contributed by atoms with E-state index < -0.39 is 0 Å². The third-order valence-corrected chi connectivity index (χ3v) is 1.79. The number of thiocarbonyl (C=S) groups is 1. The smallest absolute Gasteiger partial charge is 0.239 e. The van der Waals surface area contributed by atoms with Crippen LogP contribution in [0.3, 0.4) is 0 Å². The van der Waals surface area contributed by atoms with Gasteiger partial charge in [0, 0.05) is 13.6 Å². The van der Waals surface area contributed by atoms with E-state index >= 15 is 0 Å². The van der Waals surface area contributed by atoms with Crippen LogP contribution in [0.1, 0.15) is 19.8 Å². The molecule has 0 radical (unpaired) electrons. The van der Waals surface area contributed by atoms with Crippen molar-refractivity contribution in [2.75, 3.05) is 20.1 Å². The molecule has 4 nitrogen and oxygen atoms in total. The quantitative estimate of drug-likeness (QED) is 0.435. The van der Waals surface area contributed by atoms with Crippen molar-refractivity contribution in [1.29, 1.82) is 0 Å². The SMILES string of the molecule is CCCCNC(=S)NCC(=O)NC. The molecule has 0 atom stereocenters. The molecule has 13 heavy (non-hydrogen) atoms. The molecule has 0 saturated heterocycles. The van der Waals surface area contributed by atoms with Crippen molar-refractivity contribution in [2.24, 2.45) is 0 Å². The van der Waals surface area contributed by atoms with Gasteiger partial charge in [0.1, 0.15) is 0 Å². The first-order chi connectivity index (χ1) is 6.20. The van der Waals surface area contributed by atoms with Crippen molar-refractivity contribution in [3.63, 3.8) is 0 Å². The minimum absolute atomic E-state index is 0.0698. The van der Waals surface area contributed by atoms with Crippen LogP contribution in [-0.2, 0) is 4.79 Å². The molecule has 0 aromatic heterocycles. The van der Waals surface area contributed by atoms with Crippen LogP contribution in [0, 0.1) is 0 Å². The maximum atomic E-state index is 10.8. The Morgan fingerprint density at radius 3 is 2.62 bits per heavy atom. The molecule has 0 rings (SSSR count). The van der Waals surface area contributed by atoms with Crippen molar-refractivity contribution >= 4 is 23.2 Å². The molecule has 0 unspecified atom stereocenters. The van der Waals surface area contributed by atoms with Gasteiger partial charge in [0.05, 0.1) is 6.54 Å². The Morgan fingerprint density at radius 1 is 1.38 bits per heavy atom. The van der Waals surface area contributed by atoms with Crippen LogP contribution in [0.4, 0.5) is 0 Å². The van der Waals surface area contributed by atoms with Crippen molar-refractivity contribution in [3.05, 3.63) is 0 Å². The van der Waals surface area contributed by atoms with Crippen LogP contribution in [0.5, 0.6) is 0 Å². The van der Waals surface area contributed by atoms with Gasteiger partial charge in [0.15, 0.2) is 5.11 Å². The topological polar surface area (TPSA) is 53.2 Å². The minimum atomic E-state index is -0.0698. The van der Waals surface area contributed by atoms with E-state index in [1.165, 1.54) is 0 Å². The number of likely N-dealkylation sites (N-methyl/N-ethyl adjacent to an activating group) is 1. The number of hydrogen-bond acceptors (Lipinski definition) is 2. The van der Waals surface area contributed by atoms with E-state index in [1.807, 2.05) is 0 Å². The lowest BCUT2D eigenvalue weighted by Crippen LogP contribution is -2.41. The summed E-state index contributed by atoms with van der Waals surface area (Å²) in [6, 6.07) is 0. The molecule has 0 aromatic carbocycles. The zero-order valence-corrected chi connectivity index (χ0v) is 8.96. The Hall–Kier alpha value is -0.840. The second kappa shape index (κ2) is 7.79. The Kier molecular flexibility index (Phi) is 7.29. The highest BCUT2D eigenvalue weighted by Gasteiger charge is 1.98. The van der Waals surface area contributed by atoms with Crippen LogP contribution in [0.15, 0.2) is 0 Å². The minimum Gasteiger partial charge on any atom is -0.363 e. The number of carbonyl (C=O) groups is 1. The van der Waals surface area contributed by atoms with Gasteiger partial charge in [0.2, 0.25) is 5.91 Å². The Bertz CT molecular complexity index is 173. The molecule has 0 aliphatic heterocycles. The summed E-state index contributed by atoms with van der Waals surface area (Å²) in [5, 5.41) is 8.84. The zero-order valence-electron chi connectivity index (χ0n) is 8.14. The number of amides is 1. The summed E-state index contributed by atoms with van der Waals surface area (Å²) in [5.41, 5.74) is 0. The van der Waals surface area contributed by atoms with Crippen molar-refractivity contribution in [3.8, 4) is 0 Å². The number of unbranched alkanes of at least 4 members (excludes halogenated alkanes) is 1. The fourth-order valence-electron chi connectivity index (χ4n) is 0.690. The van der Waals surface area contributed by atoms with Gasteiger partial charge in [-0.05, 0) is 18.6 Å². The summed E-state index contributed by atoms with van der Waals surface area (Å²) in [5.74, 6) is -0.0698. The molecule has 0 spiro atoms. The van der Waals surface area contributed by atoms with Gasteiger partial charge in [-0.1, -0.05) is 13.3 Å². The van der Waals surface area contributed by atoms with Crippen LogP contribution in [0.2, 0.25) is 0 Å². The molecule has 0 aliphatic rings. The molecular weight excluding hydrogens is 186 g/mol. The van der Waals surface area contributed by atoms with Crippen molar-refractivity contribution in [1.82, 2.24) is 16.0 Å². The molecule has 0 heterocycles. The van der Waals surface area contributed by atoms with Crippen LogP contribution in [0.25, 0.3) is 0 Å². The summed E-state index contributed by atoms with van der Waals surface area (Å²) in [6.45, 7) is 3.20. The first-order valence-electron chi connectivity index (χ1n) is 4.43. The lowest BCUT2D eigenvalue weighted by molar-refractivity contribution is -0.119. The van der Waals surface area contributed by atoms with E-state index in [0.717, 1.165) is 19.4 Å². The lowest BCUT2D eigenvalue weighted by Gasteiger charge is -2.08. The lowest BCUT2D eigenvalue weighted by atomic mass is 10.3. The average molecular weight is 203 g/mol. The Morgan fingerprint density at radius 2 is 2.08 bits per heavy atom. The first-order valence-corrected chi connectivity index (χ1v) is 4.83. The van der Waals surface area contributed by atoms with Crippen LogP contribution < -0.4 is 16.0 Å². The standard InChI is InChI=1S/C8H17N3OS/c1-3-4-5-10-8(13)11-6-7(12)9-2/h3-6H2,1-2H3,(H,9,12)(H2,10,11,13). The number of hydrogen-bond donors (Lipinski definition) is 3. The Balaban J connectivity index is 3.35. The molecule has 0 aromatic rings. The fourth-order valence-corrected chi connectivity index (χ4v) is 0.864. The summed E-state index contributed by atoms with van der Waals surface area (Å²) in [6.07, 6.45) is 2.22. The van der Waals surface area contributed by atoms with Gasteiger partial charge in [-0.15, -0.1) is 0 Å².